The van der Waals surface area contributed by atoms with Crippen LogP contribution in [0.5, 0.6) is 0 Å². The summed E-state index contributed by atoms with van der Waals surface area (Å²) in [5, 5.41) is 13.8. The van der Waals surface area contributed by atoms with Gasteiger partial charge in [-0.15, -0.1) is 0 Å². The third-order valence-electron chi connectivity index (χ3n) is 6.76. The van der Waals surface area contributed by atoms with Gasteiger partial charge in [0.25, 0.3) is 12.3 Å². The molecule has 1 aliphatic heterocycles. The molecule has 0 aromatic heterocycles. The summed E-state index contributed by atoms with van der Waals surface area (Å²) in [5.74, 6) is 0.0216. The first-order valence-corrected chi connectivity index (χ1v) is 11.4. The largest absolute Gasteiger partial charge is 0.341 e. The summed E-state index contributed by atoms with van der Waals surface area (Å²) in [6.45, 7) is 0. The first-order valence-electron chi connectivity index (χ1n) is 11.4. The molecule has 0 radical (unpaired) electrons. The van der Waals surface area contributed by atoms with Crippen molar-refractivity contribution in [3.63, 3.8) is 0 Å². The van der Waals surface area contributed by atoms with E-state index in [2.05, 4.69) is 10.6 Å². The molecular weight excluding hydrogens is 386 g/mol. The highest BCUT2D eigenvalue weighted by atomic mass is 19.3. The zero-order chi connectivity index (χ0) is 21.1. The Hall–Kier alpha value is -2.18. The van der Waals surface area contributed by atoms with Gasteiger partial charge in [0, 0.05) is 24.0 Å². The molecule has 3 aliphatic carbocycles. The van der Waals surface area contributed by atoms with Gasteiger partial charge < -0.3 is 20.9 Å². The second kappa shape index (κ2) is 9.31. The van der Waals surface area contributed by atoms with Crippen molar-refractivity contribution in [3.05, 3.63) is 34.4 Å². The lowest BCUT2D eigenvalue weighted by Gasteiger charge is -2.42. The molecule has 3 N–H and O–H groups in total. The highest BCUT2D eigenvalue weighted by molar-refractivity contribution is 6.12. The van der Waals surface area contributed by atoms with Gasteiger partial charge in [-0.25, -0.2) is 8.78 Å². The van der Waals surface area contributed by atoms with Crippen LogP contribution in [0.15, 0.2) is 34.4 Å². The number of carbonyl (C=O) groups excluding carboxylic acids is 1. The van der Waals surface area contributed by atoms with Crippen LogP contribution in [-0.4, -0.2) is 35.5 Å². The standard InChI is InChI=1S/C23H32F2N4O/c24-21(25)20-13-19(15-11-12-15)27-22(28-20)18(14-26)23(30)29(16-7-3-1-4-8-16)17-9-5-2-6-10-17/h13-14,16-17,21,26-28H,1-12H2/b22-18+,26-14?. The number of halogens is 2. The zero-order valence-electron chi connectivity index (χ0n) is 17.5. The number of hydrogen-bond donors (Lipinski definition) is 3. The molecule has 1 amide bonds. The molecule has 164 valence electrons. The van der Waals surface area contributed by atoms with E-state index in [1.54, 1.807) is 0 Å². The number of carbonyl (C=O) groups is 1. The van der Waals surface area contributed by atoms with Crippen LogP contribution in [0, 0.1) is 5.41 Å². The summed E-state index contributed by atoms with van der Waals surface area (Å²) in [5.41, 5.74) is 1.66. The second-order valence-corrected chi connectivity index (χ2v) is 8.90. The highest BCUT2D eigenvalue weighted by Gasteiger charge is 2.35. The Kier molecular flexibility index (Phi) is 6.54. The van der Waals surface area contributed by atoms with Crippen LogP contribution in [0.2, 0.25) is 0 Å². The minimum atomic E-state index is -2.66. The van der Waals surface area contributed by atoms with Crippen LogP contribution < -0.4 is 10.6 Å². The molecule has 0 saturated heterocycles. The number of rotatable bonds is 5. The first-order chi connectivity index (χ1) is 14.6. The van der Waals surface area contributed by atoms with Gasteiger partial charge in [-0.2, -0.15) is 0 Å². The normalized spacial score (nSPS) is 24.7. The molecule has 0 bridgehead atoms. The van der Waals surface area contributed by atoms with E-state index in [4.69, 9.17) is 5.41 Å². The molecule has 0 atom stereocenters. The van der Waals surface area contributed by atoms with Crippen LogP contribution in [0.4, 0.5) is 8.78 Å². The Morgan fingerprint density at radius 1 is 1.00 bits per heavy atom. The summed E-state index contributed by atoms with van der Waals surface area (Å²) < 4.78 is 27.0. The molecule has 0 aromatic carbocycles. The maximum absolute atomic E-state index is 13.8. The van der Waals surface area contributed by atoms with E-state index in [0.717, 1.165) is 76.0 Å². The number of nitrogens with zero attached hydrogens (tertiary/aromatic N) is 1. The lowest BCUT2D eigenvalue weighted by Crippen LogP contribution is -2.50. The maximum atomic E-state index is 13.8. The van der Waals surface area contributed by atoms with Crippen molar-refractivity contribution in [2.75, 3.05) is 0 Å². The van der Waals surface area contributed by atoms with Gasteiger partial charge in [-0.3, -0.25) is 4.79 Å². The van der Waals surface area contributed by atoms with Crippen molar-refractivity contribution >= 4 is 12.1 Å². The zero-order valence-corrected chi connectivity index (χ0v) is 17.5. The quantitative estimate of drug-likeness (QED) is 0.447. The molecule has 0 aromatic rings. The molecule has 0 spiro atoms. The fourth-order valence-corrected chi connectivity index (χ4v) is 5.04. The fraction of sp³-hybridized carbons (Fsp3) is 0.652. The van der Waals surface area contributed by atoms with Gasteiger partial charge in [0.05, 0.1) is 11.3 Å². The van der Waals surface area contributed by atoms with Crippen molar-refractivity contribution in [1.29, 1.82) is 5.41 Å². The smallest absolute Gasteiger partial charge is 0.278 e. The van der Waals surface area contributed by atoms with Gasteiger partial charge in [-0.1, -0.05) is 38.5 Å². The lowest BCUT2D eigenvalue weighted by molar-refractivity contribution is -0.133. The van der Waals surface area contributed by atoms with Crippen LogP contribution in [0.25, 0.3) is 0 Å². The Bertz CT molecular complexity index is 750. The van der Waals surface area contributed by atoms with Crippen LogP contribution >= 0.6 is 0 Å². The Labute approximate surface area is 177 Å². The molecule has 3 saturated carbocycles. The molecular formula is C23H32F2N4O. The van der Waals surface area contributed by atoms with E-state index in [1.165, 1.54) is 18.9 Å². The van der Waals surface area contributed by atoms with Gasteiger partial charge >= 0.3 is 0 Å². The number of nitrogens with one attached hydrogen (secondary N) is 3. The van der Waals surface area contributed by atoms with Crippen molar-refractivity contribution in [3.8, 4) is 0 Å². The molecule has 4 rings (SSSR count). The van der Waals surface area contributed by atoms with Crippen molar-refractivity contribution in [1.82, 2.24) is 15.5 Å². The lowest BCUT2D eigenvalue weighted by atomic mass is 9.88. The number of hydrogen-bond acceptors (Lipinski definition) is 4. The number of amides is 1. The average molecular weight is 419 g/mol. The third-order valence-corrected chi connectivity index (χ3v) is 6.76. The third kappa shape index (κ3) is 4.60. The van der Waals surface area contributed by atoms with Crippen molar-refractivity contribution < 1.29 is 13.6 Å². The van der Waals surface area contributed by atoms with Gasteiger partial charge in [0.2, 0.25) is 0 Å². The molecule has 5 nitrogen and oxygen atoms in total. The predicted molar refractivity (Wildman–Crippen MR) is 113 cm³/mol. The van der Waals surface area contributed by atoms with Crippen LogP contribution in [0.3, 0.4) is 0 Å². The molecule has 30 heavy (non-hydrogen) atoms. The van der Waals surface area contributed by atoms with Crippen molar-refractivity contribution in [2.24, 2.45) is 0 Å². The first kappa shape index (κ1) is 21.1. The Morgan fingerprint density at radius 3 is 2.03 bits per heavy atom. The minimum absolute atomic E-state index is 0.149. The molecule has 3 fully saturated rings. The second-order valence-electron chi connectivity index (χ2n) is 8.90. The maximum Gasteiger partial charge on any atom is 0.278 e. The molecule has 7 heteroatoms. The average Bonchev–Trinajstić information content (AvgIpc) is 3.61. The van der Waals surface area contributed by atoms with Crippen LogP contribution in [0.1, 0.15) is 77.0 Å². The van der Waals surface area contributed by atoms with Gasteiger partial charge in [0.15, 0.2) is 0 Å². The monoisotopic (exact) mass is 418 g/mol. The van der Waals surface area contributed by atoms with Crippen LogP contribution in [-0.2, 0) is 4.79 Å². The summed E-state index contributed by atoms with van der Waals surface area (Å²) in [6.07, 6.45) is 12.4. The highest BCUT2D eigenvalue weighted by Crippen LogP contribution is 2.34. The van der Waals surface area contributed by atoms with Gasteiger partial charge in [0.1, 0.15) is 5.82 Å². The number of alkyl halides is 2. The molecule has 1 heterocycles. The van der Waals surface area contributed by atoms with Crippen molar-refractivity contribution in [2.45, 2.75) is 95.6 Å². The van der Waals surface area contributed by atoms with Gasteiger partial charge in [-0.05, 0) is 50.2 Å². The fourth-order valence-electron chi connectivity index (χ4n) is 5.04. The van der Waals surface area contributed by atoms with E-state index in [-0.39, 0.29) is 35.1 Å². The molecule has 4 aliphatic rings. The van der Waals surface area contributed by atoms with E-state index in [9.17, 15) is 13.6 Å². The SMILES string of the molecule is N=C/C(C(=O)N(C1CCCCC1)C1CCCCC1)=C1\NC(C(F)F)=CC(=C2CC2)N1. The Balaban J connectivity index is 1.66. The minimum Gasteiger partial charge on any atom is -0.341 e. The van der Waals surface area contributed by atoms with E-state index in [1.807, 2.05) is 4.90 Å². The van der Waals surface area contributed by atoms with E-state index in [0.29, 0.717) is 5.70 Å². The summed E-state index contributed by atoms with van der Waals surface area (Å²) >= 11 is 0. The summed E-state index contributed by atoms with van der Waals surface area (Å²) in [6, 6.07) is 0.361. The topological polar surface area (TPSA) is 68.2 Å². The molecule has 0 unspecified atom stereocenters. The Morgan fingerprint density at radius 2 is 1.57 bits per heavy atom. The van der Waals surface area contributed by atoms with E-state index >= 15 is 0 Å². The predicted octanol–water partition coefficient (Wildman–Crippen LogP) is 4.73. The van der Waals surface area contributed by atoms with E-state index < -0.39 is 6.43 Å². The summed E-state index contributed by atoms with van der Waals surface area (Å²) in [4.78, 5) is 15.8. The summed E-state index contributed by atoms with van der Waals surface area (Å²) in [7, 11) is 0. The number of allylic oxidation sites excluding steroid dienone is 3.